The summed E-state index contributed by atoms with van der Waals surface area (Å²) in [5.74, 6) is -1.83. The van der Waals surface area contributed by atoms with Crippen molar-refractivity contribution >= 4 is 24.0 Å². The van der Waals surface area contributed by atoms with Gasteiger partial charge in [-0.05, 0) is 78.5 Å². The summed E-state index contributed by atoms with van der Waals surface area (Å²) in [6.07, 6.45) is 1.94. The van der Waals surface area contributed by atoms with E-state index in [4.69, 9.17) is 18.9 Å². The van der Waals surface area contributed by atoms with E-state index in [-0.39, 0.29) is 43.3 Å². The number of alkyl carbamates (subject to hydrolysis) is 1. The molecule has 1 amide bonds. The standard InChI is InChI=1S/C28H43NO9/c1-8-9-16-35-25(33)20(29-26(34)38-28(5,6)7)17-19-14-15-22(21(30)18-19)36-23(31)12-10-11-13-24(32)37-27(2,3)4/h14-15,18,20,30H,8-13,16-17H2,1-7H3,(H,29,34)/t20-/m0/s1. The van der Waals surface area contributed by atoms with Crippen LogP contribution in [0.1, 0.15) is 92.6 Å². The molecule has 0 spiro atoms. The smallest absolute Gasteiger partial charge is 0.408 e. The predicted octanol–water partition coefficient (Wildman–Crippen LogP) is 4.98. The van der Waals surface area contributed by atoms with Gasteiger partial charge in [-0.3, -0.25) is 9.59 Å². The van der Waals surface area contributed by atoms with Crippen LogP contribution >= 0.6 is 0 Å². The SMILES string of the molecule is CCCCOC(=O)[C@H](Cc1ccc(OC(=O)CCCCC(=O)OC(C)(C)C)c(O)c1)NC(=O)OC(C)(C)C. The van der Waals surface area contributed by atoms with Gasteiger partial charge in [0.2, 0.25) is 0 Å². The van der Waals surface area contributed by atoms with Crippen LogP contribution in [0, 0.1) is 0 Å². The summed E-state index contributed by atoms with van der Waals surface area (Å²) in [6, 6.07) is 3.30. The first-order valence-electron chi connectivity index (χ1n) is 13.0. The first-order chi connectivity index (χ1) is 17.6. The van der Waals surface area contributed by atoms with Crippen LogP contribution in [0.3, 0.4) is 0 Å². The van der Waals surface area contributed by atoms with E-state index >= 15 is 0 Å². The van der Waals surface area contributed by atoms with Gasteiger partial charge < -0.3 is 29.4 Å². The summed E-state index contributed by atoms with van der Waals surface area (Å²) in [6.45, 7) is 12.7. The van der Waals surface area contributed by atoms with Crippen LogP contribution in [-0.4, -0.2) is 53.0 Å². The Morgan fingerprint density at radius 3 is 2.05 bits per heavy atom. The molecule has 0 aliphatic carbocycles. The summed E-state index contributed by atoms with van der Waals surface area (Å²) in [5.41, 5.74) is -0.797. The molecule has 0 saturated carbocycles. The molecular weight excluding hydrogens is 494 g/mol. The number of ether oxygens (including phenoxy) is 4. The molecule has 214 valence electrons. The van der Waals surface area contributed by atoms with Crippen molar-refractivity contribution in [3.8, 4) is 11.5 Å². The van der Waals surface area contributed by atoms with E-state index in [2.05, 4.69) is 5.32 Å². The summed E-state index contributed by atoms with van der Waals surface area (Å²) in [7, 11) is 0. The van der Waals surface area contributed by atoms with Crippen LogP contribution in [0.5, 0.6) is 11.5 Å². The van der Waals surface area contributed by atoms with Crippen molar-refractivity contribution in [3.63, 3.8) is 0 Å². The van der Waals surface area contributed by atoms with Gasteiger partial charge >= 0.3 is 24.0 Å². The molecule has 0 saturated heterocycles. The molecular formula is C28H43NO9. The fraction of sp³-hybridized carbons (Fsp3) is 0.643. The second kappa shape index (κ2) is 15.2. The number of carbonyl (C=O) groups excluding carboxylic acids is 4. The van der Waals surface area contributed by atoms with Gasteiger partial charge in [-0.15, -0.1) is 0 Å². The molecule has 10 nitrogen and oxygen atoms in total. The Balaban J connectivity index is 2.72. The maximum atomic E-state index is 12.6. The Hall–Kier alpha value is -3.30. The van der Waals surface area contributed by atoms with Crippen molar-refractivity contribution in [2.75, 3.05) is 6.61 Å². The molecule has 2 N–H and O–H groups in total. The lowest BCUT2D eigenvalue weighted by Gasteiger charge is -2.23. The molecule has 0 radical (unpaired) electrons. The van der Waals surface area contributed by atoms with Gasteiger partial charge in [0.15, 0.2) is 11.5 Å². The first kappa shape index (κ1) is 32.7. The van der Waals surface area contributed by atoms with E-state index in [1.165, 1.54) is 12.1 Å². The highest BCUT2D eigenvalue weighted by atomic mass is 16.6. The average molecular weight is 538 g/mol. The van der Waals surface area contributed by atoms with Gasteiger partial charge in [0, 0.05) is 19.3 Å². The van der Waals surface area contributed by atoms with Crippen molar-refractivity contribution in [2.45, 2.75) is 111 Å². The van der Waals surface area contributed by atoms with E-state index < -0.39 is 35.3 Å². The Kier molecular flexibility index (Phi) is 13.1. The Morgan fingerprint density at radius 1 is 0.895 bits per heavy atom. The van der Waals surface area contributed by atoms with Crippen LogP contribution in [0.4, 0.5) is 4.79 Å². The minimum absolute atomic E-state index is 0.0245. The van der Waals surface area contributed by atoms with Gasteiger partial charge in [0.25, 0.3) is 0 Å². The Morgan fingerprint density at radius 2 is 1.50 bits per heavy atom. The van der Waals surface area contributed by atoms with Gasteiger partial charge in [-0.25, -0.2) is 9.59 Å². The highest BCUT2D eigenvalue weighted by Gasteiger charge is 2.26. The van der Waals surface area contributed by atoms with Crippen molar-refractivity contribution < 1.29 is 43.2 Å². The summed E-state index contributed by atoms with van der Waals surface area (Å²) in [5, 5.41) is 12.9. The lowest BCUT2D eigenvalue weighted by molar-refractivity contribution is -0.155. The number of hydrogen-bond acceptors (Lipinski definition) is 9. The zero-order valence-electron chi connectivity index (χ0n) is 23.7. The minimum Gasteiger partial charge on any atom is -0.504 e. The van der Waals surface area contributed by atoms with Gasteiger partial charge in [-0.1, -0.05) is 19.4 Å². The molecule has 0 aromatic heterocycles. The monoisotopic (exact) mass is 537 g/mol. The van der Waals surface area contributed by atoms with Crippen molar-refractivity contribution in [2.24, 2.45) is 0 Å². The normalized spacial score (nSPS) is 12.3. The molecule has 10 heteroatoms. The number of benzene rings is 1. The fourth-order valence-corrected chi connectivity index (χ4v) is 3.18. The maximum Gasteiger partial charge on any atom is 0.408 e. The van der Waals surface area contributed by atoms with E-state index in [1.54, 1.807) is 47.6 Å². The number of carbonyl (C=O) groups is 4. The number of nitrogens with one attached hydrogen (secondary N) is 1. The van der Waals surface area contributed by atoms with Crippen LogP contribution in [0.15, 0.2) is 18.2 Å². The lowest BCUT2D eigenvalue weighted by Crippen LogP contribution is -2.45. The van der Waals surface area contributed by atoms with Crippen molar-refractivity contribution in [1.82, 2.24) is 5.32 Å². The third-order valence-corrected chi connectivity index (χ3v) is 4.84. The summed E-state index contributed by atoms with van der Waals surface area (Å²) < 4.78 is 21.0. The molecule has 38 heavy (non-hydrogen) atoms. The molecule has 1 rings (SSSR count). The third-order valence-electron chi connectivity index (χ3n) is 4.84. The predicted molar refractivity (Wildman–Crippen MR) is 141 cm³/mol. The first-order valence-corrected chi connectivity index (χ1v) is 13.0. The zero-order valence-corrected chi connectivity index (χ0v) is 23.7. The van der Waals surface area contributed by atoms with Crippen LogP contribution < -0.4 is 10.1 Å². The molecule has 0 aliphatic rings. The average Bonchev–Trinajstić information content (AvgIpc) is 2.75. The third kappa shape index (κ3) is 14.4. The molecule has 0 fully saturated rings. The largest absolute Gasteiger partial charge is 0.504 e. The number of aromatic hydroxyl groups is 1. The van der Waals surface area contributed by atoms with E-state index in [0.717, 1.165) is 6.42 Å². The highest BCUT2D eigenvalue weighted by Crippen LogP contribution is 2.28. The number of esters is 3. The molecule has 1 aromatic carbocycles. The zero-order chi connectivity index (χ0) is 28.9. The van der Waals surface area contributed by atoms with E-state index in [1.807, 2.05) is 6.92 Å². The molecule has 0 heterocycles. The van der Waals surface area contributed by atoms with Crippen molar-refractivity contribution in [3.05, 3.63) is 23.8 Å². The second-order valence-corrected chi connectivity index (χ2v) is 11.0. The van der Waals surface area contributed by atoms with E-state index in [0.29, 0.717) is 24.8 Å². The Bertz CT molecular complexity index is 945. The highest BCUT2D eigenvalue weighted by molar-refractivity contribution is 5.82. The number of phenols is 1. The number of phenolic OH excluding ortho intramolecular Hbond substituents is 1. The lowest BCUT2D eigenvalue weighted by atomic mass is 10.1. The van der Waals surface area contributed by atoms with E-state index in [9.17, 15) is 24.3 Å². The number of hydrogen-bond donors (Lipinski definition) is 2. The summed E-state index contributed by atoms with van der Waals surface area (Å²) in [4.78, 5) is 48.8. The number of rotatable bonds is 13. The van der Waals surface area contributed by atoms with Crippen LogP contribution in [-0.2, 0) is 35.0 Å². The van der Waals surface area contributed by atoms with Gasteiger partial charge in [0.1, 0.15) is 17.2 Å². The van der Waals surface area contributed by atoms with Crippen LogP contribution in [0.25, 0.3) is 0 Å². The van der Waals surface area contributed by atoms with Crippen molar-refractivity contribution in [1.29, 1.82) is 0 Å². The quantitative estimate of drug-likeness (QED) is 0.154. The topological polar surface area (TPSA) is 137 Å². The molecule has 0 aliphatic heterocycles. The summed E-state index contributed by atoms with van der Waals surface area (Å²) >= 11 is 0. The number of amides is 1. The second-order valence-electron chi connectivity index (χ2n) is 11.0. The Labute approximate surface area is 225 Å². The number of unbranched alkanes of at least 4 members (excludes halogenated alkanes) is 2. The fourth-order valence-electron chi connectivity index (χ4n) is 3.18. The molecule has 1 aromatic rings. The molecule has 0 unspecified atom stereocenters. The molecule has 1 atom stereocenters. The molecule has 0 bridgehead atoms. The minimum atomic E-state index is -1.04. The van der Waals surface area contributed by atoms with Gasteiger partial charge in [0.05, 0.1) is 6.61 Å². The van der Waals surface area contributed by atoms with Gasteiger partial charge in [-0.2, -0.15) is 0 Å². The van der Waals surface area contributed by atoms with Crippen LogP contribution in [0.2, 0.25) is 0 Å². The maximum absolute atomic E-state index is 12.6.